The van der Waals surface area contributed by atoms with Crippen molar-refractivity contribution in [2.24, 2.45) is 0 Å². The van der Waals surface area contributed by atoms with Gasteiger partial charge in [0.05, 0.1) is 23.6 Å². The minimum Gasteiger partial charge on any atom is -0.339 e. The van der Waals surface area contributed by atoms with Gasteiger partial charge >= 0.3 is 0 Å². The minimum absolute atomic E-state index is 0.0201. The van der Waals surface area contributed by atoms with Crippen molar-refractivity contribution in [3.63, 3.8) is 0 Å². The number of carbonyl (C=O) groups excluding carboxylic acids is 2. The van der Waals surface area contributed by atoms with E-state index < -0.39 is 5.54 Å². The predicted octanol–water partition coefficient (Wildman–Crippen LogP) is 1.35. The maximum absolute atomic E-state index is 12.9. The lowest BCUT2D eigenvalue weighted by Gasteiger charge is -2.47. The van der Waals surface area contributed by atoms with Gasteiger partial charge in [0.15, 0.2) is 0 Å². The van der Waals surface area contributed by atoms with E-state index in [4.69, 9.17) is 0 Å². The molecular formula is C17H21N5O2. The van der Waals surface area contributed by atoms with Crippen LogP contribution in [0.3, 0.4) is 0 Å². The Balaban J connectivity index is 1.78. The molecule has 0 radical (unpaired) electrons. The van der Waals surface area contributed by atoms with E-state index in [1.54, 1.807) is 41.0 Å². The highest BCUT2D eigenvalue weighted by Crippen LogP contribution is 2.23. The molecule has 1 aliphatic heterocycles. The first-order chi connectivity index (χ1) is 11.4. The Morgan fingerprint density at radius 2 is 1.83 bits per heavy atom. The zero-order valence-corrected chi connectivity index (χ0v) is 14.1. The lowest BCUT2D eigenvalue weighted by Crippen LogP contribution is -2.61. The number of carbonyl (C=O) groups is 2. The number of hydrogen-bond acceptors (Lipinski definition) is 4. The molecule has 0 unspecified atom stereocenters. The number of rotatable bonds is 2. The molecule has 1 aliphatic rings. The van der Waals surface area contributed by atoms with Gasteiger partial charge in [0, 0.05) is 32.1 Å². The van der Waals surface area contributed by atoms with Crippen LogP contribution in [0.1, 0.15) is 31.1 Å². The van der Waals surface area contributed by atoms with Crippen LogP contribution >= 0.6 is 0 Å². The molecule has 1 aromatic carbocycles. The summed E-state index contributed by atoms with van der Waals surface area (Å²) in [6.07, 6.45) is 3.36. The Morgan fingerprint density at radius 1 is 1.12 bits per heavy atom. The summed E-state index contributed by atoms with van der Waals surface area (Å²) in [6, 6.07) is 7.29. The molecule has 7 heteroatoms. The lowest BCUT2D eigenvalue weighted by atomic mass is 9.97. The van der Waals surface area contributed by atoms with Crippen LogP contribution in [-0.4, -0.2) is 61.8 Å². The fourth-order valence-corrected chi connectivity index (χ4v) is 3.06. The van der Waals surface area contributed by atoms with Gasteiger partial charge in [-0.1, -0.05) is 5.21 Å². The Kier molecular flexibility index (Phi) is 4.09. The van der Waals surface area contributed by atoms with Crippen LogP contribution in [0.5, 0.6) is 0 Å². The molecule has 0 saturated carbocycles. The molecule has 2 heterocycles. The highest BCUT2D eigenvalue weighted by Gasteiger charge is 2.37. The fraction of sp³-hybridized carbons (Fsp3) is 0.412. The van der Waals surface area contributed by atoms with Crippen molar-refractivity contribution in [1.82, 2.24) is 24.8 Å². The van der Waals surface area contributed by atoms with Crippen LogP contribution in [0.25, 0.3) is 5.69 Å². The summed E-state index contributed by atoms with van der Waals surface area (Å²) >= 11 is 0. The Hall–Kier alpha value is -2.70. The topological polar surface area (TPSA) is 71.3 Å². The molecule has 7 nitrogen and oxygen atoms in total. The summed E-state index contributed by atoms with van der Waals surface area (Å²) in [4.78, 5) is 28.1. The molecule has 126 valence electrons. The van der Waals surface area contributed by atoms with Crippen LogP contribution in [-0.2, 0) is 4.79 Å². The van der Waals surface area contributed by atoms with Crippen LogP contribution in [0, 0.1) is 0 Å². The zero-order chi connectivity index (χ0) is 17.3. The molecule has 0 spiro atoms. The third-order valence-electron chi connectivity index (χ3n) is 4.39. The number of nitrogens with zero attached hydrogens (tertiary/aromatic N) is 5. The van der Waals surface area contributed by atoms with Gasteiger partial charge in [-0.05, 0) is 38.1 Å². The van der Waals surface area contributed by atoms with Crippen molar-refractivity contribution in [2.45, 2.75) is 26.3 Å². The maximum atomic E-state index is 12.9. The molecule has 0 N–H and O–H groups in total. The van der Waals surface area contributed by atoms with Gasteiger partial charge in [-0.2, -0.15) is 0 Å². The average molecular weight is 327 g/mol. The lowest BCUT2D eigenvalue weighted by molar-refractivity contribution is -0.133. The van der Waals surface area contributed by atoms with Crippen LogP contribution in [0.15, 0.2) is 36.7 Å². The van der Waals surface area contributed by atoms with Crippen molar-refractivity contribution in [1.29, 1.82) is 0 Å². The smallest absolute Gasteiger partial charge is 0.254 e. The molecule has 1 aromatic heterocycles. The molecule has 24 heavy (non-hydrogen) atoms. The quantitative estimate of drug-likeness (QED) is 0.835. The van der Waals surface area contributed by atoms with Gasteiger partial charge in [0.25, 0.3) is 5.91 Å². The molecule has 0 aliphatic carbocycles. The number of amides is 2. The second kappa shape index (κ2) is 6.07. The fourth-order valence-electron chi connectivity index (χ4n) is 3.06. The number of aromatic nitrogens is 3. The van der Waals surface area contributed by atoms with Crippen LogP contribution < -0.4 is 0 Å². The number of piperazine rings is 1. The summed E-state index contributed by atoms with van der Waals surface area (Å²) < 4.78 is 1.64. The highest BCUT2D eigenvalue weighted by atomic mass is 16.2. The zero-order valence-electron chi connectivity index (χ0n) is 14.1. The second-order valence-electron chi connectivity index (χ2n) is 6.60. The van der Waals surface area contributed by atoms with E-state index in [2.05, 4.69) is 10.3 Å². The maximum Gasteiger partial charge on any atom is 0.254 e. The first-order valence-electron chi connectivity index (χ1n) is 7.93. The molecule has 1 fully saturated rings. The van der Waals surface area contributed by atoms with Gasteiger partial charge in [-0.25, -0.2) is 4.68 Å². The van der Waals surface area contributed by atoms with E-state index in [0.717, 1.165) is 5.69 Å². The first-order valence-corrected chi connectivity index (χ1v) is 7.93. The monoisotopic (exact) mass is 327 g/mol. The van der Waals surface area contributed by atoms with Gasteiger partial charge in [0.1, 0.15) is 0 Å². The summed E-state index contributed by atoms with van der Waals surface area (Å²) in [7, 11) is 0. The van der Waals surface area contributed by atoms with E-state index in [9.17, 15) is 9.59 Å². The van der Waals surface area contributed by atoms with Crippen molar-refractivity contribution in [2.75, 3.05) is 19.6 Å². The Morgan fingerprint density at radius 3 is 2.38 bits per heavy atom. The van der Waals surface area contributed by atoms with Crippen molar-refractivity contribution < 1.29 is 9.59 Å². The largest absolute Gasteiger partial charge is 0.339 e. The standard InChI is InChI=1S/C17H21N5O2/c1-13(23)20-10-11-21(17(2,3)12-20)16(24)14-4-6-15(7-5-14)22-9-8-18-19-22/h4-9H,10-12H2,1-3H3. The van der Waals surface area contributed by atoms with E-state index in [1.807, 2.05) is 30.9 Å². The van der Waals surface area contributed by atoms with Crippen LogP contribution in [0.4, 0.5) is 0 Å². The van der Waals surface area contributed by atoms with E-state index in [-0.39, 0.29) is 11.8 Å². The summed E-state index contributed by atoms with van der Waals surface area (Å²) in [5, 5.41) is 7.71. The van der Waals surface area contributed by atoms with Crippen molar-refractivity contribution in [3.8, 4) is 5.69 Å². The van der Waals surface area contributed by atoms with E-state index in [1.165, 1.54) is 0 Å². The summed E-state index contributed by atoms with van der Waals surface area (Å²) in [5.74, 6) is 0.0284. The van der Waals surface area contributed by atoms with Crippen molar-refractivity contribution >= 4 is 11.8 Å². The molecular weight excluding hydrogens is 306 g/mol. The van der Waals surface area contributed by atoms with E-state index in [0.29, 0.717) is 25.2 Å². The second-order valence-corrected chi connectivity index (χ2v) is 6.60. The molecule has 0 atom stereocenters. The van der Waals surface area contributed by atoms with E-state index >= 15 is 0 Å². The average Bonchev–Trinajstić information content (AvgIpc) is 3.08. The third kappa shape index (κ3) is 3.02. The first kappa shape index (κ1) is 16.2. The third-order valence-corrected chi connectivity index (χ3v) is 4.39. The molecule has 3 rings (SSSR count). The Labute approximate surface area is 140 Å². The summed E-state index contributed by atoms with van der Waals surface area (Å²) in [6.45, 7) is 7.20. The van der Waals surface area contributed by atoms with Gasteiger partial charge in [-0.15, -0.1) is 5.10 Å². The molecule has 0 bridgehead atoms. The van der Waals surface area contributed by atoms with Crippen LogP contribution in [0.2, 0.25) is 0 Å². The molecule has 2 aromatic rings. The van der Waals surface area contributed by atoms with Crippen molar-refractivity contribution in [3.05, 3.63) is 42.2 Å². The number of benzene rings is 1. The Bertz CT molecular complexity index is 737. The van der Waals surface area contributed by atoms with Gasteiger partial charge < -0.3 is 9.80 Å². The minimum atomic E-state index is -0.397. The molecule has 1 saturated heterocycles. The SMILES string of the molecule is CC(=O)N1CCN(C(=O)c2ccc(-n3ccnn3)cc2)C(C)(C)C1. The van der Waals surface area contributed by atoms with Gasteiger partial charge in [0.2, 0.25) is 5.91 Å². The highest BCUT2D eigenvalue weighted by molar-refractivity contribution is 5.95. The van der Waals surface area contributed by atoms with Gasteiger partial charge in [-0.3, -0.25) is 9.59 Å². The number of hydrogen-bond donors (Lipinski definition) is 0. The normalized spacial score (nSPS) is 17.0. The summed E-state index contributed by atoms with van der Waals surface area (Å²) in [5.41, 5.74) is 1.08. The molecule has 2 amide bonds. The predicted molar refractivity (Wildman–Crippen MR) is 88.7 cm³/mol.